The van der Waals surface area contributed by atoms with Gasteiger partial charge in [0.25, 0.3) is 0 Å². The Balaban J connectivity index is 3.44. The Morgan fingerprint density at radius 3 is 1.33 bits per heavy atom. The van der Waals surface area contributed by atoms with Gasteiger partial charge in [0.2, 0.25) is 0 Å². The molecule has 0 saturated carbocycles. The highest BCUT2D eigenvalue weighted by molar-refractivity contribution is 5.74. The number of benzene rings is 1. The molecule has 1 rings (SSSR count). The quantitative estimate of drug-likeness (QED) is 0.272. The molecule has 1 unspecified atom stereocenters. The fourth-order valence-electron chi connectivity index (χ4n) is 1.94. The number of hydrogen-bond donors (Lipinski definition) is 0. The molecule has 0 aliphatic heterocycles. The van der Waals surface area contributed by atoms with Crippen LogP contribution in [0.5, 0.6) is 5.75 Å². The van der Waals surface area contributed by atoms with E-state index >= 15 is 0 Å². The van der Waals surface area contributed by atoms with Crippen molar-refractivity contribution in [3.63, 3.8) is 0 Å². The van der Waals surface area contributed by atoms with E-state index in [9.17, 15) is 75.0 Å². The average molecular weight is 522 g/mol. The molecule has 0 saturated heterocycles. The van der Waals surface area contributed by atoms with Crippen LogP contribution in [0.4, 0.5) is 70.2 Å². The molecule has 0 aliphatic rings. The normalized spacial score (nSPS) is 15.9. The van der Waals surface area contributed by atoms with E-state index in [2.05, 4.69) is 4.74 Å². The van der Waals surface area contributed by atoms with Crippen molar-refractivity contribution in [3.05, 3.63) is 29.8 Å². The monoisotopic (exact) mass is 522 g/mol. The van der Waals surface area contributed by atoms with E-state index in [0.29, 0.717) is 24.3 Å². The molecule has 1 atom stereocenters. The van der Waals surface area contributed by atoms with Crippen LogP contribution < -0.4 is 4.74 Å². The van der Waals surface area contributed by atoms with Crippen molar-refractivity contribution in [3.8, 4) is 5.75 Å². The highest BCUT2D eigenvalue weighted by Crippen LogP contribution is 2.62. The van der Waals surface area contributed by atoms with Gasteiger partial charge >= 0.3 is 48.1 Å². The molecule has 0 bridgehead atoms. The second-order valence-corrected chi connectivity index (χ2v) is 6.11. The van der Waals surface area contributed by atoms with Gasteiger partial charge in [-0.25, -0.2) is 0 Å². The fraction of sp³-hybridized carbons (Fsp3) is 0.533. The van der Waals surface area contributed by atoms with E-state index in [1.165, 1.54) is 0 Å². The zero-order chi connectivity index (χ0) is 26.5. The molecule has 0 N–H and O–H groups in total. The Labute approximate surface area is 171 Å². The highest BCUT2D eigenvalue weighted by atomic mass is 19.4. The zero-order valence-corrected chi connectivity index (χ0v) is 14.8. The third-order valence-electron chi connectivity index (χ3n) is 3.89. The number of carbonyl (C=O) groups is 1. The second-order valence-electron chi connectivity index (χ2n) is 6.11. The Kier molecular flexibility index (Phi) is 7.03. The number of carbonyl (C=O) groups excluding carboxylic acids is 1. The topological polar surface area (TPSA) is 26.3 Å². The Morgan fingerprint density at radius 2 is 0.970 bits per heavy atom. The second kappa shape index (κ2) is 8.11. The maximum Gasteiger partial charge on any atom is 0.460 e. The molecule has 0 heterocycles. The van der Waals surface area contributed by atoms with Crippen LogP contribution in [-0.4, -0.2) is 54.4 Å². The van der Waals surface area contributed by atoms with Crippen molar-refractivity contribution < 1.29 is 79.8 Å². The van der Waals surface area contributed by atoms with Crippen LogP contribution >= 0.6 is 0 Å². The Bertz CT molecular complexity index is 842. The molecule has 33 heavy (non-hydrogen) atoms. The van der Waals surface area contributed by atoms with Gasteiger partial charge in [-0.15, -0.1) is 0 Å². The van der Waals surface area contributed by atoms with Crippen LogP contribution in [0.25, 0.3) is 0 Å². The minimum atomic E-state index is -8.52. The van der Waals surface area contributed by atoms with Crippen LogP contribution in [0.3, 0.4) is 0 Å². The molecule has 18 heteroatoms. The first-order chi connectivity index (χ1) is 14.4. The van der Waals surface area contributed by atoms with Crippen molar-refractivity contribution in [2.45, 2.75) is 48.1 Å². The Morgan fingerprint density at radius 1 is 0.606 bits per heavy atom. The van der Waals surface area contributed by atoms with Gasteiger partial charge in [-0.3, -0.25) is 4.79 Å². The molecule has 0 amide bonds. The van der Waals surface area contributed by atoms with Gasteiger partial charge < -0.3 is 4.74 Å². The first-order valence-electron chi connectivity index (χ1n) is 7.63. The van der Waals surface area contributed by atoms with Gasteiger partial charge in [0.05, 0.1) is 0 Å². The highest BCUT2D eigenvalue weighted by Gasteiger charge is 2.94. The fourth-order valence-corrected chi connectivity index (χ4v) is 1.94. The summed E-state index contributed by atoms with van der Waals surface area (Å²) in [5.74, 6) is -49.9. The van der Waals surface area contributed by atoms with E-state index in [4.69, 9.17) is 0 Å². The number of hydrogen-bond acceptors (Lipinski definition) is 2. The summed E-state index contributed by atoms with van der Waals surface area (Å²) in [4.78, 5) is 10.4. The molecule has 0 fully saturated rings. The smallest absolute Gasteiger partial charge is 0.454 e. The maximum absolute atomic E-state index is 13.6. The lowest BCUT2D eigenvalue weighted by Crippen LogP contribution is -2.73. The van der Waals surface area contributed by atoms with Crippen molar-refractivity contribution in [1.82, 2.24) is 0 Å². The number of aldehydes is 1. The largest absolute Gasteiger partial charge is 0.460 e. The minimum Gasteiger partial charge on any atom is -0.454 e. The summed E-state index contributed by atoms with van der Waals surface area (Å²) >= 11 is 0. The summed E-state index contributed by atoms with van der Waals surface area (Å²) in [6.07, 6.45) is -12.7. The number of alkyl halides is 16. The van der Waals surface area contributed by atoms with E-state index in [-0.39, 0.29) is 11.8 Å². The molecule has 1 aromatic rings. The number of ether oxygens (including phenoxy) is 1. The van der Waals surface area contributed by atoms with Crippen molar-refractivity contribution in [1.29, 1.82) is 0 Å². The SMILES string of the molecule is O=Cc1ccc(OC(F)C(F)(F)C(F)(F)C(F)(F)C(F)(F)C(F)(F)C(F)(F)C(F)(F)F)cc1. The van der Waals surface area contributed by atoms with E-state index in [1.54, 1.807) is 0 Å². The third-order valence-corrected chi connectivity index (χ3v) is 3.89. The first kappa shape index (κ1) is 28.6. The van der Waals surface area contributed by atoms with Crippen molar-refractivity contribution in [2.24, 2.45) is 0 Å². The van der Waals surface area contributed by atoms with Crippen molar-refractivity contribution >= 4 is 6.29 Å². The maximum atomic E-state index is 13.6. The van der Waals surface area contributed by atoms with Gasteiger partial charge in [-0.2, -0.15) is 70.2 Å². The molecule has 0 aromatic heterocycles. The van der Waals surface area contributed by atoms with Crippen LogP contribution in [0.2, 0.25) is 0 Å². The summed E-state index contributed by atoms with van der Waals surface area (Å²) in [6, 6.07) is 2.12. The van der Waals surface area contributed by atoms with Crippen molar-refractivity contribution in [2.75, 3.05) is 0 Å². The van der Waals surface area contributed by atoms with Gasteiger partial charge in [-0.05, 0) is 24.3 Å². The van der Waals surface area contributed by atoms with E-state index in [1.807, 2.05) is 0 Å². The van der Waals surface area contributed by atoms with Crippen LogP contribution in [0.15, 0.2) is 24.3 Å². The molecule has 0 radical (unpaired) electrons. The van der Waals surface area contributed by atoms with Gasteiger partial charge in [0.15, 0.2) is 0 Å². The number of rotatable bonds is 9. The van der Waals surface area contributed by atoms with E-state index in [0.717, 1.165) is 0 Å². The summed E-state index contributed by atoms with van der Waals surface area (Å²) in [6.45, 7) is 0. The molecule has 1 aromatic carbocycles. The Hall–Kier alpha value is -2.43. The minimum absolute atomic E-state index is 0.110. The molecule has 190 valence electrons. The lowest BCUT2D eigenvalue weighted by Gasteiger charge is -2.41. The molecular weight excluding hydrogens is 516 g/mol. The lowest BCUT2D eigenvalue weighted by atomic mass is 9.91. The van der Waals surface area contributed by atoms with Gasteiger partial charge in [-0.1, -0.05) is 0 Å². The standard InChI is InChI=1S/C15H6F16O2/c16-8(33-7-3-1-6(5-32)2-4-7)9(17,18)10(19,20)11(21,22)12(23,24)13(25,26)14(27,28)15(29,30)31/h1-5,8H. The molecule has 0 spiro atoms. The molecule has 0 aliphatic carbocycles. The summed E-state index contributed by atoms with van der Waals surface area (Å²) in [5.41, 5.74) is -0.256. The predicted octanol–water partition coefficient (Wildman–Crippen LogP) is 6.55. The summed E-state index contributed by atoms with van der Waals surface area (Å²) < 4.78 is 212. The van der Waals surface area contributed by atoms with Crippen LogP contribution in [0.1, 0.15) is 10.4 Å². The molecule has 2 nitrogen and oxygen atoms in total. The van der Waals surface area contributed by atoms with Crippen LogP contribution in [0, 0.1) is 0 Å². The number of halogens is 16. The zero-order valence-electron chi connectivity index (χ0n) is 14.8. The predicted molar refractivity (Wildman–Crippen MR) is 73.1 cm³/mol. The first-order valence-corrected chi connectivity index (χ1v) is 7.63. The van der Waals surface area contributed by atoms with Gasteiger partial charge in [0, 0.05) is 5.56 Å². The molecular formula is C15H6F16O2. The van der Waals surface area contributed by atoms with Crippen LogP contribution in [-0.2, 0) is 0 Å². The summed E-state index contributed by atoms with van der Waals surface area (Å²) in [5, 5.41) is 0. The van der Waals surface area contributed by atoms with E-state index < -0.39 is 53.8 Å². The van der Waals surface area contributed by atoms with Gasteiger partial charge in [0.1, 0.15) is 12.0 Å². The lowest BCUT2D eigenvalue weighted by molar-refractivity contribution is -0.457. The third kappa shape index (κ3) is 4.15. The summed E-state index contributed by atoms with van der Waals surface area (Å²) in [7, 11) is 0. The average Bonchev–Trinajstić information content (AvgIpc) is 2.66.